The van der Waals surface area contributed by atoms with Crippen molar-refractivity contribution in [3.8, 4) is 11.8 Å². The molecule has 0 radical (unpaired) electrons. The Balaban J connectivity index is 1.49. The molecule has 3 rings (SSSR count). The van der Waals surface area contributed by atoms with Crippen LogP contribution in [0, 0.1) is 18.3 Å². The Morgan fingerprint density at radius 2 is 2.00 bits per heavy atom. The van der Waals surface area contributed by atoms with Crippen LogP contribution in [-0.4, -0.2) is 60.7 Å². The van der Waals surface area contributed by atoms with Crippen LogP contribution in [0.1, 0.15) is 17.0 Å². The highest BCUT2D eigenvalue weighted by Gasteiger charge is 2.23. The number of hydrogen-bond acceptors (Lipinski definition) is 6. The molecular weight excluding hydrogens is 356 g/mol. The molecule has 8 nitrogen and oxygen atoms in total. The Kier molecular flexibility index (Phi) is 6.27. The first-order valence-corrected chi connectivity index (χ1v) is 9.26. The van der Waals surface area contributed by atoms with Gasteiger partial charge in [0.1, 0.15) is 17.5 Å². The molecule has 1 N–H and O–H groups in total. The molecule has 1 fully saturated rings. The summed E-state index contributed by atoms with van der Waals surface area (Å²) in [6.45, 7) is 4.82. The second kappa shape index (κ2) is 9.04. The molecule has 1 aromatic carbocycles. The van der Waals surface area contributed by atoms with Gasteiger partial charge in [-0.15, -0.1) is 0 Å². The molecule has 1 aromatic heterocycles. The van der Waals surface area contributed by atoms with Crippen molar-refractivity contribution in [2.24, 2.45) is 0 Å². The third-order valence-electron chi connectivity index (χ3n) is 4.67. The van der Waals surface area contributed by atoms with Gasteiger partial charge in [-0.1, -0.05) is 18.2 Å². The topological polar surface area (TPSA) is 94.4 Å². The fourth-order valence-corrected chi connectivity index (χ4v) is 3.19. The summed E-state index contributed by atoms with van der Waals surface area (Å²) < 4.78 is 5.34. The van der Waals surface area contributed by atoms with E-state index in [-0.39, 0.29) is 6.03 Å². The van der Waals surface area contributed by atoms with Crippen molar-refractivity contribution in [3.63, 3.8) is 0 Å². The third-order valence-corrected chi connectivity index (χ3v) is 4.67. The number of nitriles is 1. The van der Waals surface area contributed by atoms with E-state index in [2.05, 4.69) is 21.4 Å². The van der Waals surface area contributed by atoms with Crippen molar-refractivity contribution in [1.29, 1.82) is 5.26 Å². The van der Waals surface area contributed by atoms with Gasteiger partial charge in [0.05, 0.1) is 7.11 Å². The summed E-state index contributed by atoms with van der Waals surface area (Å²) in [6.07, 6.45) is 0.712. The summed E-state index contributed by atoms with van der Waals surface area (Å²) >= 11 is 0. The number of nitrogens with zero attached hydrogens (tertiary/aromatic N) is 5. The number of ether oxygens (including phenoxy) is 1. The predicted octanol–water partition coefficient (Wildman–Crippen LogP) is 1.74. The number of methoxy groups -OCH3 is 1. The fraction of sp³-hybridized carbons (Fsp3) is 0.400. The van der Waals surface area contributed by atoms with Gasteiger partial charge < -0.3 is 19.9 Å². The van der Waals surface area contributed by atoms with Gasteiger partial charge in [-0.3, -0.25) is 0 Å². The summed E-state index contributed by atoms with van der Waals surface area (Å²) in [5.41, 5.74) is 2.19. The lowest BCUT2D eigenvalue weighted by Gasteiger charge is -2.34. The molecular formula is C20H24N6O2. The first kappa shape index (κ1) is 19.4. The SMILES string of the molecule is COc1ccccc1CCNC(=O)N1CCN(c2nc(C)cc(C#N)n2)CC1. The Morgan fingerprint density at radius 3 is 2.71 bits per heavy atom. The lowest BCUT2D eigenvalue weighted by Crippen LogP contribution is -2.52. The molecule has 0 atom stereocenters. The second-order valence-corrected chi connectivity index (χ2v) is 6.57. The highest BCUT2D eigenvalue weighted by molar-refractivity contribution is 5.74. The zero-order valence-electron chi connectivity index (χ0n) is 16.2. The second-order valence-electron chi connectivity index (χ2n) is 6.57. The number of amides is 2. The molecule has 1 aliphatic heterocycles. The van der Waals surface area contributed by atoms with Crippen LogP contribution in [0.5, 0.6) is 5.75 Å². The van der Waals surface area contributed by atoms with Crippen molar-refractivity contribution in [1.82, 2.24) is 20.2 Å². The van der Waals surface area contributed by atoms with E-state index in [1.54, 1.807) is 18.1 Å². The van der Waals surface area contributed by atoms with E-state index < -0.39 is 0 Å². The summed E-state index contributed by atoms with van der Waals surface area (Å²) in [7, 11) is 1.65. The fourth-order valence-electron chi connectivity index (χ4n) is 3.19. The number of anilines is 1. The molecule has 2 aromatic rings. The first-order valence-electron chi connectivity index (χ1n) is 9.26. The molecule has 146 valence electrons. The van der Waals surface area contributed by atoms with Crippen molar-refractivity contribution >= 4 is 12.0 Å². The lowest BCUT2D eigenvalue weighted by molar-refractivity contribution is 0.194. The van der Waals surface area contributed by atoms with Crippen molar-refractivity contribution in [2.75, 3.05) is 44.7 Å². The number of nitrogens with one attached hydrogen (secondary N) is 1. The van der Waals surface area contributed by atoms with Gasteiger partial charge in [0.25, 0.3) is 0 Å². The van der Waals surface area contributed by atoms with Crippen LogP contribution in [0.2, 0.25) is 0 Å². The van der Waals surface area contributed by atoms with E-state index in [1.807, 2.05) is 36.1 Å². The van der Waals surface area contributed by atoms with Crippen LogP contribution < -0.4 is 15.0 Å². The van der Waals surface area contributed by atoms with Crippen molar-refractivity contribution in [2.45, 2.75) is 13.3 Å². The van der Waals surface area contributed by atoms with Gasteiger partial charge in [-0.2, -0.15) is 5.26 Å². The van der Waals surface area contributed by atoms with Crippen LogP contribution in [0.25, 0.3) is 0 Å². The third kappa shape index (κ3) is 4.68. The van der Waals surface area contributed by atoms with Crippen LogP contribution in [0.4, 0.5) is 10.7 Å². The van der Waals surface area contributed by atoms with Crippen LogP contribution in [0.3, 0.4) is 0 Å². The molecule has 0 aliphatic carbocycles. The minimum atomic E-state index is -0.0718. The molecule has 1 saturated heterocycles. The van der Waals surface area contributed by atoms with E-state index in [0.717, 1.165) is 17.0 Å². The maximum Gasteiger partial charge on any atom is 0.317 e. The lowest BCUT2D eigenvalue weighted by atomic mass is 10.1. The summed E-state index contributed by atoms with van der Waals surface area (Å²) in [4.78, 5) is 24.9. The van der Waals surface area contributed by atoms with E-state index in [9.17, 15) is 4.79 Å². The van der Waals surface area contributed by atoms with E-state index in [0.29, 0.717) is 50.8 Å². The number of para-hydroxylation sites is 1. The smallest absolute Gasteiger partial charge is 0.317 e. The van der Waals surface area contributed by atoms with E-state index in [1.165, 1.54) is 0 Å². The summed E-state index contributed by atoms with van der Waals surface area (Å²) in [5.74, 6) is 1.38. The van der Waals surface area contributed by atoms with Crippen LogP contribution >= 0.6 is 0 Å². The number of piperazine rings is 1. The molecule has 1 aliphatic rings. The minimum Gasteiger partial charge on any atom is -0.496 e. The standard InChI is InChI=1S/C20H24N6O2/c1-15-13-17(14-21)24-19(23-15)25-9-11-26(12-10-25)20(27)22-8-7-16-5-3-4-6-18(16)28-2/h3-6,13H,7-12H2,1-2H3,(H,22,27). The van der Waals surface area contributed by atoms with E-state index in [4.69, 9.17) is 10.00 Å². The Hall–Kier alpha value is -3.34. The zero-order chi connectivity index (χ0) is 19.9. The first-order chi connectivity index (χ1) is 13.6. The monoisotopic (exact) mass is 380 g/mol. The molecule has 0 bridgehead atoms. The maximum absolute atomic E-state index is 12.4. The molecule has 28 heavy (non-hydrogen) atoms. The number of carbonyl (C=O) groups is 1. The maximum atomic E-state index is 12.4. The van der Waals surface area contributed by atoms with Gasteiger partial charge in [0.2, 0.25) is 5.95 Å². The van der Waals surface area contributed by atoms with Crippen LogP contribution in [-0.2, 0) is 6.42 Å². The van der Waals surface area contributed by atoms with E-state index >= 15 is 0 Å². The highest BCUT2D eigenvalue weighted by Crippen LogP contribution is 2.17. The predicted molar refractivity (Wildman–Crippen MR) is 105 cm³/mol. The highest BCUT2D eigenvalue weighted by atomic mass is 16.5. The number of aromatic nitrogens is 2. The number of carbonyl (C=O) groups excluding carboxylic acids is 1. The number of aryl methyl sites for hydroxylation is 1. The number of urea groups is 1. The molecule has 2 heterocycles. The average molecular weight is 380 g/mol. The Labute approximate surface area is 164 Å². The number of rotatable bonds is 5. The van der Waals surface area contributed by atoms with Crippen molar-refractivity contribution < 1.29 is 9.53 Å². The van der Waals surface area contributed by atoms with Gasteiger partial charge in [0, 0.05) is 38.4 Å². The number of hydrogen-bond donors (Lipinski definition) is 1. The normalized spacial score (nSPS) is 13.8. The van der Waals surface area contributed by atoms with Gasteiger partial charge in [-0.05, 0) is 31.0 Å². The van der Waals surface area contributed by atoms with Crippen LogP contribution in [0.15, 0.2) is 30.3 Å². The molecule has 2 amide bonds. The Morgan fingerprint density at radius 1 is 1.25 bits per heavy atom. The Bertz CT molecular complexity index is 871. The summed E-state index contributed by atoms with van der Waals surface area (Å²) in [6, 6.07) is 11.5. The molecule has 0 spiro atoms. The molecule has 8 heteroatoms. The number of benzene rings is 1. The molecule has 0 unspecified atom stereocenters. The molecule has 0 saturated carbocycles. The quantitative estimate of drug-likeness (QED) is 0.849. The van der Waals surface area contributed by atoms with Gasteiger partial charge in [0.15, 0.2) is 0 Å². The van der Waals surface area contributed by atoms with Crippen molar-refractivity contribution in [3.05, 3.63) is 47.3 Å². The minimum absolute atomic E-state index is 0.0718. The average Bonchev–Trinajstić information content (AvgIpc) is 2.73. The summed E-state index contributed by atoms with van der Waals surface area (Å²) in [5, 5.41) is 12.0. The van der Waals surface area contributed by atoms with Gasteiger partial charge in [-0.25, -0.2) is 14.8 Å². The zero-order valence-corrected chi connectivity index (χ0v) is 16.2. The largest absolute Gasteiger partial charge is 0.496 e. The van der Waals surface area contributed by atoms with Gasteiger partial charge >= 0.3 is 6.03 Å².